The maximum absolute atomic E-state index is 13.0. The summed E-state index contributed by atoms with van der Waals surface area (Å²) in [5.74, 6) is 1.30. The molecule has 1 saturated heterocycles. The Kier molecular flexibility index (Phi) is 5.46. The van der Waals surface area contributed by atoms with Crippen molar-refractivity contribution in [3.8, 4) is 0 Å². The van der Waals surface area contributed by atoms with E-state index in [1.54, 1.807) is 0 Å². The summed E-state index contributed by atoms with van der Waals surface area (Å²) in [5.41, 5.74) is 3.72. The molecule has 29 heavy (non-hydrogen) atoms. The van der Waals surface area contributed by atoms with E-state index < -0.39 is 0 Å². The number of hydrogen-bond acceptors (Lipinski definition) is 3. The van der Waals surface area contributed by atoms with Gasteiger partial charge in [0.2, 0.25) is 0 Å². The zero-order valence-corrected chi connectivity index (χ0v) is 18.3. The first-order valence-corrected chi connectivity index (χ1v) is 11.1. The summed E-state index contributed by atoms with van der Waals surface area (Å²) in [5, 5.41) is 3.26. The van der Waals surface area contributed by atoms with Crippen LogP contribution < -0.4 is 5.32 Å². The average Bonchev–Trinajstić information content (AvgIpc) is 3.47. The number of nitrogens with zero attached hydrogens (tertiary/aromatic N) is 2. The lowest BCUT2D eigenvalue weighted by Crippen LogP contribution is -2.40. The molecule has 4 heteroatoms. The zero-order chi connectivity index (χ0) is 20.6. The van der Waals surface area contributed by atoms with Gasteiger partial charge in [0.15, 0.2) is 0 Å². The van der Waals surface area contributed by atoms with Gasteiger partial charge in [-0.15, -0.1) is 0 Å². The lowest BCUT2D eigenvalue weighted by Gasteiger charge is -2.41. The van der Waals surface area contributed by atoms with Crippen LogP contribution in [0.4, 0.5) is 0 Å². The summed E-state index contributed by atoms with van der Waals surface area (Å²) in [7, 11) is 2.01. The average molecular weight is 394 g/mol. The van der Waals surface area contributed by atoms with Crippen LogP contribution in [0.2, 0.25) is 0 Å². The number of nitrogens with one attached hydrogen (secondary N) is 1. The summed E-state index contributed by atoms with van der Waals surface area (Å²) in [6, 6.07) is 10.8. The molecular weight excluding hydrogens is 358 g/mol. The van der Waals surface area contributed by atoms with Crippen molar-refractivity contribution in [2.75, 3.05) is 26.7 Å². The minimum Gasteiger partial charge on any atom is -0.372 e. The smallest absolute Gasteiger partial charge is 0.267 e. The molecule has 4 rings (SSSR count). The molecule has 1 N–H and O–H groups in total. The highest BCUT2D eigenvalue weighted by Gasteiger charge is 2.40. The Labute approximate surface area is 175 Å². The second-order valence-electron chi connectivity index (χ2n) is 10.00. The first kappa shape index (κ1) is 20.1. The van der Waals surface area contributed by atoms with E-state index in [0.29, 0.717) is 11.3 Å². The molecule has 156 valence electrons. The summed E-state index contributed by atoms with van der Waals surface area (Å²) in [4.78, 5) is 17.5. The van der Waals surface area contributed by atoms with Crippen LogP contribution in [-0.2, 0) is 4.79 Å². The van der Waals surface area contributed by atoms with E-state index in [2.05, 4.69) is 72.3 Å². The van der Waals surface area contributed by atoms with Crippen LogP contribution in [-0.4, -0.2) is 48.4 Å². The van der Waals surface area contributed by atoms with Gasteiger partial charge >= 0.3 is 0 Å². The Balaban J connectivity index is 1.37. The molecule has 2 aliphatic heterocycles. The SMILES string of the molecule is CN1CC=C(N2CCC(C(C)(C)C)CC2)C=C1C(=O)N[C@@H]1C[C@H]1c1ccccc1. The largest absolute Gasteiger partial charge is 0.372 e. The number of piperidine rings is 1. The van der Waals surface area contributed by atoms with E-state index in [1.807, 2.05) is 13.1 Å². The normalized spacial score (nSPS) is 25.4. The van der Waals surface area contributed by atoms with Gasteiger partial charge in [0.1, 0.15) is 5.70 Å². The third-order valence-corrected chi connectivity index (χ3v) is 6.92. The van der Waals surface area contributed by atoms with Crippen molar-refractivity contribution in [2.24, 2.45) is 11.3 Å². The van der Waals surface area contributed by atoms with Crippen molar-refractivity contribution in [3.05, 3.63) is 59.4 Å². The number of carbonyl (C=O) groups is 1. The van der Waals surface area contributed by atoms with Gasteiger partial charge in [-0.1, -0.05) is 51.1 Å². The van der Waals surface area contributed by atoms with Gasteiger partial charge in [0.25, 0.3) is 5.91 Å². The van der Waals surface area contributed by atoms with Gasteiger partial charge in [-0.3, -0.25) is 4.79 Å². The topological polar surface area (TPSA) is 35.6 Å². The van der Waals surface area contributed by atoms with E-state index >= 15 is 0 Å². The fourth-order valence-electron chi connectivity index (χ4n) is 4.77. The van der Waals surface area contributed by atoms with Crippen LogP contribution in [0.15, 0.2) is 53.9 Å². The van der Waals surface area contributed by atoms with E-state index in [-0.39, 0.29) is 11.9 Å². The van der Waals surface area contributed by atoms with Crippen molar-refractivity contribution < 1.29 is 4.79 Å². The number of rotatable bonds is 4. The van der Waals surface area contributed by atoms with Gasteiger partial charge in [0.05, 0.1) is 0 Å². The molecule has 1 aliphatic carbocycles. The molecule has 1 saturated carbocycles. The van der Waals surface area contributed by atoms with Crippen molar-refractivity contribution in [2.45, 2.75) is 52.0 Å². The standard InChI is InChI=1S/C25H35N3O/c1-25(2,3)19-10-14-28(15-11-19)20-12-13-27(4)23(16-20)24(29)26-22-17-21(22)18-8-6-5-7-9-18/h5-9,12,16,19,21-22H,10-11,13-15,17H2,1-4H3,(H,26,29)/t21-,22+/m0/s1. The molecular formula is C25H35N3O. The summed E-state index contributed by atoms with van der Waals surface area (Å²) in [6.07, 6.45) is 7.85. The number of amides is 1. The Bertz CT molecular complexity index is 797. The highest BCUT2D eigenvalue weighted by molar-refractivity contribution is 5.94. The molecule has 0 unspecified atom stereocenters. The highest BCUT2D eigenvalue weighted by atomic mass is 16.2. The quantitative estimate of drug-likeness (QED) is 0.835. The Morgan fingerprint density at radius 3 is 2.45 bits per heavy atom. The highest BCUT2D eigenvalue weighted by Crippen LogP contribution is 2.41. The third kappa shape index (κ3) is 4.52. The van der Waals surface area contributed by atoms with E-state index in [0.717, 1.165) is 37.7 Å². The molecule has 1 amide bonds. The summed E-state index contributed by atoms with van der Waals surface area (Å²) in [6.45, 7) is 10.0. The lowest BCUT2D eigenvalue weighted by molar-refractivity contribution is -0.119. The number of likely N-dealkylation sites (N-methyl/N-ethyl adjacent to an activating group) is 1. The van der Waals surface area contributed by atoms with Crippen LogP contribution in [0.3, 0.4) is 0 Å². The second-order valence-corrected chi connectivity index (χ2v) is 10.00. The summed E-state index contributed by atoms with van der Waals surface area (Å²) >= 11 is 0. The molecule has 2 atom stereocenters. The van der Waals surface area contributed by atoms with Crippen LogP contribution in [0, 0.1) is 11.3 Å². The van der Waals surface area contributed by atoms with Crippen molar-refractivity contribution in [1.82, 2.24) is 15.1 Å². The molecule has 0 bridgehead atoms. The molecule has 2 heterocycles. The molecule has 0 spiro atoms. The van der Waals surface area contributed by atoms with Crippen molar-refractivity contribution >= 4 is 5.91 Å². The zero-order valence-electron chi connectivity index (χ0n) is 18.3. The van der Waals surface area contributed by atoms with Crippen LogP contribution in [0.25, 0.3) is 0 Å². The molecule has 0 aromatic heterocycles. The number of likely N-dealkylation sites (tertiary alicyclic amines) is 1. The first-order chi connectivity index (χ1) is 13.8. The van der Waals surface area contributed by atoms with Gasteiger partial charge in [-0.25, -0.2) is 0 Å². The van der Waals surface area contributed by atoms with Crippen LogP contribution in [0.1, 0.15) is 51.5 Å². The Morgan fingerprint density at radius 2 is 1.79 bits per heavy atom. The molecule has 3 aliphatic rings. The molecule has 0 radical (unpaired) electrons. The van der Waals surface area contributed by atoms with E-state index in [1.165, 1.54) is 24.1 Å². The van der Waals surface area contributed by atoms with E-state index in [9.17, 15) is 4.79 Å². The Hall–Kier alpha value is -2.23. The second kappa shape index (κ2) is 7.89. The fraction of sp³-hybridized carbons (Fsp3) is 0.560. The van der Waals surface area contributed by atoms with Crippen molar-refractivity contribution in [3.63, 3.8) is 0 Å². The minimum atomic E-state index is 0.0612. The summed E-state index contributed by atoms with van der Waals surface area (Å²) < 4.78 is 0. The number of hydrogen-bond donors (Lipinski definition) is 1. The van der Waals surface area contributed by atoms with Crippen LogP contribution in [0.5, 0.6) is 0 Å². The lowest BCUT2D eigenvalue weighted by atomic mass is 9.75. The van der Waals surface area contributed by atoms with Gasteiger partial charge in [-0.05, 0) is 48.3 Å². The molecule has 1 aromatic carbocycles. The predicted molar refractivity (Wildman–Crippen MR) is 118 cm³/mol. The van der Waals surface area contributed by atoms with E-state index in [4.69, 9.17) is 0 Å². The van der Waals surface area contributed by atoms with Crippen LogP contribution >= 0.6 is 0 Å². The number of allylic oxidation sites excluding steroid dienone is 1. The third-order valence-electron chi connectivity index (χ3n) is 6.92. The van der Waals surface area contributed by atoms with Gasteiger partial charge in [0, 0.05) is 44.3 Å². The molecule has 2 fully saturated rings. The number of benzene rings is 1. The molecule has 1 aromatic rings. The van der Waals surface area contributed by atoms with Gasteiger partial charge < -0.3 is 15.1 Å². The Morgan fingerprint density at radius 1 is 1.10 bits per heavy atom. The number of carbonyl (C=O) groups excluding carboxylic acids is 1. The minimum absolute atomic E-state index is 0.0612. The predicted octanol–water partition coefficient (Wildman–Crippen LogP) is 4.13. The first-order valence-electron chi connectivity index (χ1n) is 11.1. The maximum Gasteiger partial charge on any atom is 0.267 e. The monoisotopic (exact) mass is 393 g/mol. The molecule has 4 nitrogen and oxygen atoms in total. The van der Waals surface area contributed by atoms with Gasteiger partial charge in [-0.2, -0.15) is 0 Å². The maximum atomic E-state index is 13.0. The fourth-order valence-corrected chi connectivity index (χ4v) is 4.77. The van der Waals surface area contributed by atoms with Crippen molar-refractivity contribution in [1.29, 1.82) is 0 Å².